The molecular weight excluding hydrogens is 184 g/mol. The molecule has 0 aromatic heterocycles. The van der Waals surface area contributed by atoms with Gasteiger partial charge in [-0.15, -0.1) is 0 Å². The van der Waals surface area contributed by atoms with Gasteiger partial charge in [0.1, 0.15) is 6.04 Å². The minimum absolute atomic E-state index is 0.0848. The first-order valence-electron chi connectivity index (χ1n) is 3.28. The summed E-state index contributed by atoms with van der Waals surface area (Å²) in [4.78, 5) is 10.2. The van der Waals surface area contributed by atoms with Crippen LogP contribution in [-0.2, 0) is 14.8 Å². The molecule has 0 radical (unpaired) electrons. The summed E-state index contributed by atoms with van der Waals surface area (Å²) < 4.78 is 23.6. The molecule has 0 amide bonds. The molecule has 12 heavy (non-hydrogen) atoms. The lowest BCUT2D eigenvalue weighted by Crippen LogP contribution is -2.34. The fourth-order valence-corrected chi connectivity index (χ4v) is 1.28. The summed E-state index contributed by atoms with van der Waals surface area (Å²) in [7, 11) is -2.08. The van der Waals surface area contributed by atoms with Gasteiger partial charge in [-0.25, -0.2) is 13.1 Å². The summed E-state index contributed by atoms with van der Waals surface area (Å²) in [6, 6.07) is -1.12. The Morgan fingerprint density at radius 2 is 2.17 bits per heavy atom. The van der Waals surface area contributed by atoms with Crippen LogP contribution in [0.4, 0.5) is 0 Å². The van der Waals surface area contributed by atoms with Gasteiger partial charge in [0.25, 0.3) is 0 Å². The Labute approximate surface area is 70.8 Å². The van der Waals surface area contributed by atoms with Gasteiger partial charge in [-0.2, -0.15) is 0 Å². The Hall–Kier alpha value is -0.660. The van der Waals surface area contributed by atoms with E-state index < -0.39 is 22.0 Å². The maximum Gasteiger partial charge on any atom is 0.320 e. The molecule has 0 saturated heterocycles. The third-order valence-corrected chi connectivity index (χ3v) is 2.72. The van der Waals surface area contributed by atoms with Gasteiger partial charge in [-0.3, -0.25) is 4.79 Å². The van der Waals surface area contributed by atoms with Crippen molar-refractivity contribution in [3.63, 3.8) is 0 Å². The largest absolute Gasteiger partial charge is 0.480 e. The normalized spacial score (nSPS) is 14.2. The zero-order chi connectivity index (χ0) is 9.78. The van der Waals surface area contributed by atoms with Gasteiger partial charge in [-0.1, -0.05) is 0 Å². The van der Waals surface area contributed by atoms with E-state index >= 15 is 0 Å². The molecule has 7 heteroatoms. The number of carboxylic acid groups (broad SMARTS) is 1. The van der Waals surface area contributed by atoms with Crippen molar-refractivity contribution in [1.29, 1.82) is 0 Å². The number of hydrogen-bond acceptors (Lipinski definition) is 4. The fraction of sp³-hybridized carbons (Fsp3) is 0.800. The van der Waals surface area contributed by atoms with Crippen molar-refractivity contribution in [3.05, 3.63) is 0 Å². The SMILES string of the molecule is CNS(=O)(=O)CCC(N)C(=O)O. The third kappa shape index (κ3) is 4.27. The van der Waals surface area contributed by atoms with E-state index in [1.54, 1.807) is 0 Å². The molecule has 0 spiro atoms. The third-order valence-electron chi connectivity index (χ3n) is 1.33. The predicted molar refractivity (Wildman–Crippen MR) is 43.1 cm³/mol. The molecular formula is C5H12N2O4S. The highest BCUT2D eigenvalue weighted by Crippen LogP contribution is 1.92. The van der Waals surface area contributed by atoms with Crippen LogP contribution in [-0.4, -0.2) is 38.3 Å². The minimum Gasteiger partial charge on any atom is -0.480 e. The summed E-state index contributed by atoms with van der Waals surface area (Å²) >= 11 is 0. The zero-order valence-electron chi connectivity index (χ0n) is 6.65. The standard InChI is InChI=1S/C5H12N2O4S/c1-7-12(10,11)3-2-4(6)5(8)9/h4,7H,2-3,6H2,1H3,(H,8,9). The van der Waals surface area contributed by atoms with Gasteiger partial charge >= 0.3 is 5.97 Å². The van der Waals surface area contributed by atoms with E-state index in [1.807, 2.05) is 0 Å². The van der Waals surface area contributed by atoms with Crippen LogP contribution in [0.5, 0.6) is 0 Å². The highest BCUT2D eigenvalue weighted by Gasteiger charge is 2.15. The van der Waals surface area contributed by atoms with E-state index in [2.05, 4.69) is 4.72 Å². The van der Waals surface area contributed by atoms with Crippen LogP contribution < -0.4 is 10.5 Å². The number of carbonyl (C=O) groups is 1. The lowest BCUT2D eigenvalue weighted by Gasteiger charge is -2.05. The van der Waals surface area contributed by atoms with E-state index in [4.69, 9.17) is 10.8 Å². The Kier molecular flexibility index (Phi) is 4.15. The second-order valence-corrected chi connectivity index (χ2v) is 4.30. The molecule has 0 fully saturated rings. The highest BCUT2D eigenvalue weighted by atomic mass is 32.2. The first-order chi connectivity index (χ1) is 5.39. The molecule has 0 heterocycles. The lowest BCUT2D eigenvalue weighted by atomic mass is 10.2. The van der Waals surface area contributed by atoms with Crippen LogP contribution in [0.2, 0.25) is 0 Å². The van der Waals surface area contributed by atoms with Crippen LogP contribution >= 0.6 is 0 Å². The van der Waals surface area contributed by atoms with E-state index in [0.29, 0.717) is 0 Å². The number of hydrogen-bond donors (Lipinski definition) is 3. The van der Waals surface area contributed by atoms with Crippen LogP contribution in [0, 0.1) is 0 Å². The first-order valence-corrected chi connectivity index (χ1v) is 4.94. The van der Waals surface area contributed by atoms with E-state index in [0.717, 1.165) is 0 Å². The van der Waals surface area contributed by atoms with E-state index in [9.17, 15) is 13.2 Å². The predicted octanol–water partition coefficient (Wildman–Crippen LogP) is -1.66. The van der Waals surface area contributed by atoms with Gasteiger partial charge < -0.3 is 10.8 Å². The van der Waals surface area contributed by atoms with Crippen molar-refractivity contribution in [2.24, 2.45) is 5.73 Å². The molecule has 0 aliphatic heterocycles. The van der Waals surface area contributed by atoms with E-state index in [1.165, 1.54) is 7.05 Å². The highest BCUT2D eigenvalue weighted by molar-refractivity contribution is 7.89. The number of aliphatic carboxylic acids is 1. The van der Waals surface area contributed by atoms with Crippen molar-refractivity contribution >= 4 is 16.0 Å². The van der Waals surface area contributed by atoms with Crippen molar-refractivity contribution in [2.45, 2.75) is 12.5 Å². The summed E-state index contributed by atoms with van der Waals surface area (Å²) in [6.45, 7) is 0. The number of rotatable bonds is 5. The summed E-state index contributed by atoms with van der Waals surface area (Å²) in [6.07, 6.45) is -0.0848. The first kappa shape index (κ1) is 11.3. The zero-order valence-corrected chi connectivity index (χ0v) is 7.47. The van der Waals surface area contributed by atoms with Crippen molar-refractivity contribution in [3.8, 4) is 0 Å². The summed E-state index contributed by atoms with van der Waals surface area (Å²) in [5, 5.41) is 8.31. The maximum absolute atomic E-state index is 10.8. The lowest BCUT2D eigenvalue weighted by molar-refractivity contribution is -0.138. The Morgan fingerprint density at radius 3 is 2.50 bits per heavy atom. The smallest absolute Gasteiger partial charge is 0.320 e. The fourth-order valence-electron chi connectivity index (χ4n) is 0.508. The number of nitrogens with one attached hydrogen (secondary N) is 1. The van der Waals surface area contributed by atoms with Crippen LogP contribution in [0.3, 0.4) is 0 Å². The molecule has 1 atom stereocenters. The molecule has 0 aromatic carbocycles. The number of nitrogens with two attached hydrogens (primary N) is 1. The van der Waals surface area contributed by atoms with Gasteiger partial charge in [0.2, 0.25) is 10.0 Å². The molecule has 4 N–H and O–H groups in total. The molecule has 0 rings (SSSR count). The second-order valence-electron chi connectivity index (χ2n) is 2.26. The second kappa shape index (κ2) is 4.39. The van der Waals surface area contributed by atoms with Gasteiger partial charge in [-0.05, 0) is 13.5 Å². The van der Waals surface area contributed by atoms with Crippen LogP contribution in [0.1, 0.15) is 6.42 Å². The van der Waals surface area contributed by atoms with Gasteiger partial charge in [0, 0.05) is 0 Å². The number of sulfonamides is 1. The molecule has 0 bridgehead atoms. The molecule has 0 aliphatic rings. The molecule has 72 valence electrons. The topological polar surface area (TPSA) is 109 Å². The van der Waals surface area contributed by atoms with Crippen molar-refractivity contribution in [1.82, 2.24) is 4.72 Å². The minimum atomic E-state index is -3.34. The van der Waals surface area contributed by atoms with Gasteiger partial charge in [0.05, 0.1) is 5.75 Å². The monoisotopic (exact) mass is 196 g/mol. The van der Waals surface area contributed by atoms with Gasteiger partial charge in [0.15, 0.2) is 0 Å². The number of carboxylic acids is 1. The average molecular weight is 196 g/mol. The van der Waals surface area contributed by atoms with Crippen LogP contribution in [0.25, 0.3) is 0 Å². The van der Waals surface area contributed by atoms with Crippen molar-refractivity contribution < 1.29 is 18.3 Å². The Bertz CT molecular complexity index is 248. The summed E-state index contributed by atoms with van der Waals surface area (Å²) in [5.74, 6) is -1.46. The summed E-state index contributed by atoms with van der Waals surface area (Å²) in [5.41, 5.74) is 5.09. The Morgan fingerprint density at radius 1 is 1.67 bits per heavy atom. The van der Waals surface area contributed by atoms with Crippen LogP contribution in [0.15, 0.2) is 0 Å². The molecule has 0 saturated carbocycles. The molecule has 1 unspecified atom stereocenters. The maximum atomic E-state index is 10.8. The molecule has 0 aliphatic carbocycles. The quantitative estimate of drug-likeness (QED) is 0.487. The average Bonchev–Trinajstić information content (AvgIpc) is 2.00. The molecule has 6 nitrogen and oxygen atoms in total. The van der Waals surface area contributed by atoms with E-state index in [-0.39, 0.29) is 12.2 Å². The molecule has 0 aromatic rings. The van der Waals surface area contributed by atoms with Crippen molar-refractivity contribution in [2.75, 3.05) is 12.8 Å². The Balaban J connectivity index is 3.92.